The molecule has 0 radical (unpaired) electrons. The first-order valence-corrected chi connectivity index (χ1v) is 3.20. The van der Waals surface area contributed by atoms with Gasteiger partial charge in [-0.15, -0.1) is 0 Å². The summed E-state index contributed by atoms with van der Waals surface area (Å²) in [5.74, 6) is -1.38. The van der Waals surface area contributed by atoms with Gasteiger partial charge in [-0.1, -0.05) is 6.08 Å². The largest absolute Gasteiger partial charge is 0.480 e. The fourth-order valence-corrected chi connectivity index (χ4v) is 0.426. The Bertz CT molecular complexity index is 196. The van der Waals surface area contributed by atoms with E-state index in [1.165, 1.54) is 0 Å². The zero-order valence-corrected chi connectivity index (χ0v) is 6.55. The van der Waals surface area contributed by atoms with Gasteiger partial charge in [0.1, 0.15) is 6.54 Å². The number of hydrogen-bond donors (Lipinski definition) is 2. The van der Waals surface area contributed by atoms with Crippen molar-refractivity contribution in [3.8, 4) is 0 Å². The highest BCUT2D eigenvalue weighted by atomic mass is 16.4. The second kappa shape index (κ2) is 4.49. The van der Waals surface area contributed by atoms with E-state index in [-0.39, 0.29) is 12.5 Å². The Balaban J connectivity index is 3.80. The maximum atomic E-state index is 10.8. The summed E-state index contributed by atoms with van der Waals surface area (Å²) in [5, 5.41) is 10.4. The molecule has 62 valence electrons. The van der Waals surface area contributed by atoms with Crippen LogP contribution in [-0.4, -0.2) is 23.5 Å². The summed E-state index contributed by atoms with van der Waals surface area (Å²) in [7, 11) is 0. The van der Waals surface area contributed by atoms with Gasteiger partial charge in [-0.2, -0.15) is 0 Å². The molecule has 0 aromatic heterocycles. The number of hydrogen-bond acceptors (Lipinski definition) is 2. The summed E-state index contributed by atoms with van der Waals surface area (Å²) < 4.78 is 0. The minimum absolute atomic E-state index is 0.329. The molecular formula is C7H11NO3. The van der Waals surface area contributed by atoms with Crippen LogP contribution in [0.5, 0.6) is 0 Å². The number of rotatable bonds is 3. The van der Waals surface area contributed by atoms with Gasteiger partial charge >= 0.3 is 5.97 Å². The van der Waals surface area contributed by atoms with Gasteiger partial charge in [-0.05, 0) is 13.8 Å². The van der Waals surface area contributed by atoms with Crippen molar-refractivity contribution >= 4 is 11.9 Å². The summed E-state index contributed by atoms with van der Waals surface area (Å²) in [6, 6.07) is 0. The Kier molecular flexibility index (Phi) is 3.95. The molecule has 0 aromatic rings. The van der Waals surface area contributed by atoms with Crippen LogP contribution in [0.1, 0.15) is 13.8 Å². The Morgan fingerprint density at radius 1 is 1.55 bits per heavy atom. The van der Waals surface area contributed by atoms with Crippen molar-refractivity contribution < 1.29 is 14.7 Å². The molecular weight excluding hydrogens is 146 g/mol. The third-order valence-corrected chi connectivity index (χ3v) is 1.19. The van der Waals surface area contributed by atoms with Crippen LogP contribution in [0.3, 0.4) is 0 Å². The molecule has 0 spiro atoms. The number of carbonyl (C=O) groups is 2. The Morgan fingerprint density at radius 3 is 2.45 bits per heavy atom. The van der Waals surface area contributed by atoms with Crippen LogP contribution in [0.2, 0.25) is 0 Å². The number of aliphatic carboxylic acids is 1. The molecule has 0 aliphatic carbocycles. The monoisotopic (exact) mass is 157 g/mol. The summed E-state index contributed by atoms with van der Waals surface area (Å²) >= 11 is 0. The zero-order chi connectivity index (χ0) is 8.85. The van der Waals surface area contributed by atoms with E-state index in [1.54, 1.807) is 19.9 Å². The number of carboxylic acids is 1. The quantitative estimate of drug-likeness (QED) is 0.573. The normalized spacial score (nSPS) is 10.9. The molecule has 11 heavy (non-hydrogen) atoms. The smallest absolute Gasteiger partial charge is 0.322 e. The van der Waals surface area contributed by atoms with E-state index >= 15 is 0 Å². The van der Waals surface area contributed by atoms with Crippen molar-refractivity contribution in [2.75, 3.05) is 6.54 Å². The number of carboxylic acid groups (broad SMARTS) is 1. The van der Waals surface area contributed by atoms with E-state index in [0.717, 1.165) is 0 Å². The average Bonchev–Trinajstić information content (AvgIpc) is 1.98. The van der Waals surface area contributed by atoms with Crippen LogP contribution < -0.4 is 5.32 Å². The standard InChI is InChI=1S/C7H11NO3/c1-3-5(2)7(11)8-4-6(9)10/h3H,4H2,1-2H3,(H,8,11)(H,9,10)/b5-3-. The Morgan fingerprint density at radius 2 is 2.09 bits per heavy atom. The van der Waals surface area contributed by atoms with Gasteiger partial charge in [0, 0.05) is 5.57 Å². The lowest BCUT2D eigenvalue weighted by Crippen LogP contribution is -2.29. The predicted molar refractivity (Wildman–Crippen MR) is 40.1 cm³/mol. The summed E-state index contributed by atoms with van der Waals surface area (Å²) in [5.41, 5.74) is 0.520. The van der Waals surface area contributed by atoms with Crippen molar-refractivity contribution in [1.29, 1.82) is 0 Å². The summed E-state index contributed by atoms with van der Waals surface area (Å²) in [6.45, 7) is 3.01. The van der Waals surface area contributed by atoms with Crippen LogP contribution in [0.15, 0.2) is 11.6 Å². The molecule has 0 saturated heterocycles. The lowest BCUT2D eigenvalue weighted by molar-refractivity contribution is -0.137. The van der Waals surface area contributed by atoms with Crippen molar-refractivity contribution in [1.82, 2.24) is 5.32 Å². The second-order valence-electron chi connectivity index (χ2n) is 2.05. The first-order chi connectivity index (χ1) is 5.07. The third kappa shape index (κ3) is 4.13. The fraction of sp³-hybridized carbons (Fsp3) is 0.429. The molecule has 2 N–H and O–H groups in total. The second-order valence-corrected chi connectivity index (χ2v) is 2.05. The van der Waals surface area contributed by atoms with Crippen molar-refractivity contribution in [3.05, 3.63) is 11.6 Å². The van der Waals surface area contributed by atoms with E-state index in [2.05, 4.69) is 5.32 Å². The molecule has 0 aliphatic heterocycles. The van der Waals surface area contributed by atoms with Crippen LogP contribution in [0.25, 0.3) is 0 Å². The molecule has 4 nitrogen and oxygen atoms in total. The predicted octanol–water partition coefficient (Wildman–Crippen LogP) is 0.153. The number of nitrogens with one attached hydrogen (secondary N) is 1. The fourth-order valence-electron chi connectivity index (χ4n) is 0.426. The first-order valence-electron chi connectivity index (χ1n) is 3.20. The Hall–Kier alpha value is -1.32. The van der Waals surface area contributed by atoms with Gasteiger partial charge in [0.15, 0.2) is 0 Å². The van der Waals surface area contributed by atoms with Crippen LogP contribution in [-0.2, 0) is 9.59 Å². The molecule has 4 heteroatoms. The minimum Gasteiger partial charge on any atom is -0.480 e. The van der Waals surface area contributed by atoms with Gasteiger partial charge in [0.2, 0.25) is 5.91 Å². The maximum absolute atomic E-state index is 10.8. The van der Waals surface area contributed by atoms with Crippen LogP contribution in [0, 0.1) is 0 Å². The highest BCUT2D eigenvalue weighted by Crippen LogP contribution is 1.89. The first kappa shape index (κ1) is 9.68. The molecule has 0 heterocycles. The Labute approximate surface area is 64.9 Å². The van der Waals surface area contributed by atoms with Crippen molar-refractivity contribution in [2.24, 2.45) is 0 Å². The van der Waals surface area contributed by atoms with Crippen LogP contribution in [0.4, 0.5) is 0 Å². The van der Waals surface area contributed by atoms with Crippen molar-refractivity contribution in [2.45, 2.75) is 13.8 Å². The molecule has 0 rings (SSSR count). The van der Waals surface area contributed by atoms with E-state index in [1.807, 2.05) is 0 Å². The van der Waals surface area contributed by atoms with Crippen LogP contribution >= 0.6 is 0 Å². The number of carbonyl (C=O) groups excluding carboxylic acids is 1. The van der Waals surface area contributed by atoms with Gasteiger partial charge in [0.05, 0.1) is 0 Å². The van der Waals surface area contributed by atoms with Crippen molar-refractivity contribution in [3.63, 3.8) is 0 Å². The number of amides is 1. The zero-order valence-electron chi connectivity index (χ0n) is 6.55. The topological polar surface area (TPSA) is 66.4 Å². The lowest BCUT2D eigenvalue weighted by atomic mass is 10.3. The molecule has 0 aliphatic rings. The average molecular weight is 157 g/mol. The molecule has 1 amide bonds. The molecule has 0 aromatic carbocycles. The van der Waals surface area contributed by atoms with E-state index < -0.39 is 5.97 Å². The summed E-state index contributed by atoms with van der Waals surface area (Å²) in [4.78, 5) is 20.8. The SMILES string of the molecule is C/C=C(/C)C(=O)NCC(=O)O. The molecule has 0 fully saturated rings. The molecule has 0 saturated carbocycles. The van der Waals surface area contributed by atoms with Gasteiger partial charge < -0.3 is 10.4 Å². The third-order valence-electron chi connectivity index (χ3n) is 1.19. The highest BCUT2D eigenvalue weighted by Gasteiger charge is 2.03. The number of allylic oxidation sites excluding steroid dienone is 1. The summed E-state index contributed by atoms with van der Waals surface area (Å²) in [6.07, 6.45) is 1.62. The lowest BCUT2D eigenvalue weighted by Gasteiger charge is -1.99. The van der Waals surface area contributed by atoms with Gasteiger partial charge in [-0.25, -0.2) is 0 Å². The van der Waals surface area contributed by atoms with E-state index in [4.69, 9.17) is 5.11 Å². The minimum atomic E-state index is -1.04. The molecule has 0 unspecified atom stereocenters. The maximum Gasteiger partial charge on any atom is 0.322 e. The van der Waals surface area contributed by atoms with Gasteiger partial charge in [0.25, 0.3) is 0 Å². The van der Waals surface area contributed by atoms with E-state index in [0.29, 0.717) is 5.57 Å². The highest BCUT2D eigenvalue weighted by molar-refractivity contribution is 5.94. The molecule has 0 atom stereocenters. The molecule has 0 bridgehead atoms. The van der Waals surface area contributed by atoms with E-state index in [9.17, 15) is 9.59 Å². The van der Waals surface area contributed by atoms with Gasteiger partial charge in [-0.3, -0.25) is 9.59 Å².